The van der Waals surface area contributed by atoms with Crippen LogP contribution in [-0.2, 0) is 4.74 Å². The number of alkyl halides is 1. The van der Waals surface area contributed by atoms with Gasteiger partial charge in [0.15, 0.2) is 0 Å². The molecular weight excluding hydrogens is 228 g/mol. The van der Waals surface area contributed by atoms with Gasteiger partial charge in [0, 0.05) is 5.33 Å². The Labute approximate surface area is 88.2 Å². The largest absolute Gasteiger partial charge is 0.370 e. The number of halogens is 1. The Bertz CT molecular complexity index is 233. The van der Waals surface area contributed by atoms with Crippen molar-refractivity contribution in [2.45, 2.75) is 26.1 Å². The molecule has 2 heteroatoms. The van der Waals surface area contributed by atoms with Gasteiger partial charge in [0.05, 0.1) is 12.2 Å². The van der Waals surface area contributed by atoms with Crippen molar-refractivity contribution in [1.29, 1.82) is 0 Å². The van der Waals surface area contributed by atoms with Crippen LogP contribution in [-0.4, -0.2) is 11.4 Å². The van der Waals surface area contributed by atoms with E-state index in [2.05, 4.69) is 41.9 Å². The first-order valence-electron chi connectivity index (χ1n) is 4.50. The number of rotatable bonds is 4. The zero-order valence-corrected chi connectivity index (χ0v) is 9.62. The molecule has 13 heavy (non-hydrogen) atoms. The maximum Gasteiger partial charge on any atom is 0.0925 e. The van der Waals surface area contributed by atoms with E-state index in [1.807, 2.05) is 18.2 Å². The fourth-order valence-corrected chi connectivity index (χ4v) is 1.73. The number of hydrogen-bond acceptors (Lipinski definition) is 1. The van der Waals surface area contributed by atoms with Crippen molar-refractivity contribution in [3.8, 4) is 0 Å². The highest BCUT2D eigenvalue weighted by Crippen LogP contribution is 2.20. The molecule has 0 aromatic heterocycles. The first-order valence-corrected chi connectivity index (χ1v) is 5.62. The van der Waals surface area contributed by atoms with Gasteiger partial charge in [-0.3, -0.25) is 0 Å². The first kappa shape index (κ1) is 10.7. The normalized spacial score (nSPS) is 13.2. The van der Waals surface area contributed by atoms with Crippen LogP contribution >= 0.6 is 15.9 Å². The smallest absolute Gasteiger partial charge is 0.0925 e. The van der Waals surface area contributed by atoms with Gasteiger partial charge in [0.1, 0.15) is 0 Å². The molecule has 1 aromatic carbocycles. The van der Waals surface area contributed by atoms with Gasteiger partial charge in [-0.25, -0.2) is 0 Å². The van der Waals surface area contributed by atoms with Gasteiger partial charge < -0.3 is 4.74 Å². The Balaban J connectivity index is 2.67. The number of benzene rings is 1. The molecule has 0 aliphatic heterocycles. The van der Waals surface area contributed by atoms with E-state index in [-0.39, 0.29) is 12.2 Å². The lowest BCUT2D eigenvalue weighted by Gasteiger charge is -2.18. The maximum atomic E-state index is 5.74. The Morgan fingerprint density at radius 3 is 2.31 bits per heavy atom. The monoisotopic (exact) mass is 242 g/mol. The predicted octanol–water partition coefficient (Wildman–Crippen LogP) is 3.55. The van der Waals surface area contributed by atoms with E-state index in [0.717, 1.165) is 5.33 Å². The summed E-state index contributed by atoms with van der Waals surface area (Å²) in [6.45, 7) is 4.11. The predicted molar refractivity (Wildman–Crippen MR) is 59.2 cm³/mol. The van der Waals surface area contributed by atoms with Gasteiger partial charge in [-0.1, -0.05) is 46.3 Å². The average Bonchev–Trinajstić information content (AvgIpc) is 2.15. The summed E-state index contributed by atoms with van der Waals surface area (Å²) in [7, 11) is 0. The molecule has 0 unspecified atom stereocenters. The van der Waals surface area contributed by atoms with Crippen LogP contribution < -0.4 is 0 Å². The summed E-state index contributed by atoms with van der Waals surface area (Å²) in [5, 5.41) is 0.842. The molecule has 0 bridgehead atoms. The molecule has 72 valence electrons. The average molecular weight is 243 g/mol. The van der Waals surface area contributed by atoms with Crippen LogP contribution in [0.1, 0.15) is 25.5 Å². The van der Waals surface area contributed by atoms with Gasteiger partial charge in [-0.05, 0) is 19.4 Å². The second kappa shape index (κ2) is 5.40. The van der Waals surface area contributed by atoms with E-state index >= 15 is 0 Å². The van der Waals surface area contributed by atoms with E-state index in [0.29, 0.717) is 0 Å². The molecule has 0 heterocycles. The Morgan fingerprint density at radius 1 is 1.23 bits per heavy atom. The first-order chi connectivity index (χ1) is 6.24. The summed E-state index contributed by atoms with van der Waals surface area (Å²) < 4.78 is 5.74. The lowest BCUT2D eigenvalue weighted by molar-refractivity contribution is 0.0214. The molecule has 0 aliphatic rings. The Morgan fingerprint density at radius 2 is 1.85 bits per heavy atom. The van der Waals surface area contributed by atoms with Crippen LogP contribution in [0, 0.1) is 0 Å². The Hall–Kier alpha value is -0.340. The molecule has 0 amide bonds. The zero-order chi connectivity index (χ0) is 9.68. The molecule has 0 radical (unpaired) electrons. The fourth-order valence-electron chi connectivity index (χ4n) is 1.20. The molecule has 1 aromatic rings. The van der Waals surface area contributed by atoms with Gasteiger partial charge in [-0.15, -0.1) is 0 Å². The fraction of sp³-hybridized carbons (Fsp3) is 0.455. The van der Waals surface area contributed by atoms with Crippen LogP contribution in [0.5, 0.6) is 0 Å². The van der Waals surface area contributed by atoms with Crippen LogP contribution in [0.4, 0.5) is 0 Å². The van der Waals surface area contributed by atoms with Crippen LogP contribution in [0.3, 0.4) is 0 Å². The molecule has 0 spiro atoms. The van der Waals surface area contributed by atoms with Crippen molar-refractivity contribution in [1.82, 2.24) is 0 Å². The molecule has 1 atom stereocenters. The van der Waals surface area contributed by atoms with Crippen molar-refractivity contribution < 1.29 is 4.74 Å². The summed E-state index contributed by atoms with van der Waals surface area (Å²) >= 11 is 3.46. The zero-order valence-electron chi connectivity index (χ0n) is 8.03. The van der Waals surface area contributed by atoms with E-state index < -0.39 is 0 Å². The lowest BCUT2D eigenvalue weighted by atomic mass is 10.1. The van der Waals surface area contributed by atoms with Gasteiger partial charge in [0.2, 0.25) is 0 Å². The van der Waals surface area contributed by atoms with E-state index in [1.165, 1.54) is 5.56 Å². The minimum absolute atomic E-state index is 0.168. The molecule has 0 saturated heterocycles. The second-order valence-corrected chi connectivity index (χ2v) is 3.89. The SMILES string of the molecule is CC(C)O[C@H](CBr)c1ccccc1. The highest BCUT2D eigenvalue weighted by Gasteiger charge is 2.10. The molecule has 0 aliphatic carbocycles. The van der Waals surface area contributed by atoms with Gasteiger partial charge >= 0.3 is 0 Å². The lowest BCUT2D eigenvalue weighted by Crippen LogP contribution is -2.11. The topological polar surface area (TPSA) is 9.23 Å². The van der Waals surface area contributed by atoms with Crippen molar-refractivity contribution in [3.05, 3.63) is 35.9 Å². The Kier molecular flexibility index (Phi) is 4.46. The standard InChI is InChI=1S/C11H15BrO/c1-9(2)13-11(8-12)10-6-4-3-5-7-10/h3-7,9,11H,8H2,1-2H3/t11-/m1/s1. The minimum atomic E-state index is 0.168. The summed E-state index contributed by atoms with van der Waals surface area (Å²) in [6, 6.07) is 10.3. The van der Waals surface area contributed by atoms with Crippen molar-refractivity contribution in [2.75, 3.05) is 5.33 Å². The van der Waals surface area contributed by atoms with Gasteiger partial charge in [0.25, 0.3) is 0 Å². The highest BCUT2D eigenvalue weighted by atomic mass is 79.9. The summed E-state index contributed by atoms with van der Waals surface area (Å²) in [5.41, 5.74) is 1.23. The molecule has 0 saturated carbocycles. The second-order valence-electron chi connectivity index (χ2n) is 3.24. The molecular formula is C11H15BrO. The molecule has 1 rings (SSSR count). The summed E-state index contributed by atoms with van der Waals surface area (Å²) in [5.74, 6) is 0. The third-order valence-corrected chi connectivity index (χ3v) is 2.34. The van der Waals surface area contributed by atoms with E-state index in [9.17, 15) is 0 Å². The molecule has 0 N–H and O–H groups in total. The molecule has 0 fully saturated rings. The number of ether oxygens (including phenoxy) is 1. The number of hydrogen-bond donors (Lipinski definition) is 0. The minimum Gasteiger partial charge on any atom is -0.370 e. The third-order valence-electron chi connectivity index (χ3n) is 1.75. The van der Waals surface area contributed by atoms with Crippen LogP contribution in [0.2, 0.25) is 0 Å². The summed E-state index contributed by atoms with van der Waals surface area (Å²) in [4.78, 5) is 0. The van der Waals surface area contributed by atoms with Crippen LogP contribution in [0.15, 0.2) is 30.3 Å². The van der Waals surface area contributed by atoms with E-state index in [1.54, 1.807) is 0 Å². The van der Waals surface area contributed by atoms with Crippen LogP contribution in [0.25, 0.3) is 0 Å². The van der Waals surface area contributed by atoms with Crippen molar-refractivity contribution in [2.24, 2.45) is 0 Å². The third kappa shape index (κ3) is 3.49. The quantitative estimate of drug-likeness (QED) is 0.735. The van der Waals surface area contributed by atoms with Gasteiger partial charge in [-0.2, -0.15) is 0 Å². The summed E-state index contributed by atoms with van der Waals surface area (Å²) in [6.07, 6.45) is 0.434. The highest BCUT2D eigenvalue weighted by molar-refractivity contribution is 9.09. The van der Waals surface area contributed by atoms with Crippen molar-refractivity contribution >= 4 is 15.9 Å². The van der Waals surface area contributed by atoms with Crippen molar-refractivity contribution in [3.63, 3.8) is 0 Å². The maximum absolute atomic E-state index is 5.74. The van der Waals surface area contributed by atoms with E-state index in [4.69, 9.17) is 4.74 Å². The molecule has 1 nitrogen and oxygen atoms in total.